The van der Waals surface area contributed by atoms with E-state index in [1.54, 1.807) is 23.5 Å². The summed E-state index contributed by atoms with van der Waals surface area (Å²) in [5, 5.41) is 11.6. The first-order valence-electron chi connectivity index (χ1n) is 6.86. The van der Waals surface area contributed by atoms with Crippen LogP contribution in [0, 0.1) is 15.5 Å². The molecule has 5 nitrogen and oxygen atoms in total. The van der Waals surface area contributed by atoms with E-state index >= 15 is 0 Å². The fraction of sp³-hybridized carbons (Fsp3) is 0.400. The molecule has 110 valence electrons. The fourth-order valence-corrected chi connectivity index (χ4v) is 3.93. The van der Waals surface area contributed by atoms with Crippen LogP contribution in [-0.2, 0) is 6.42 Å². The largest absolute Gasteiger partial charge is 0.323 e. The number of aromatic nitrogens is 1. The fourth-order valence-electron chi connectivity index (χ4n) is 2.84. The molecule has 1 aliphatic rings. The lowest BCUT2D eigenvalue weighted by atomic mass is 9.77. The molecule has 21 heavy (non-hydrogen) atoms. The van der Waals surface area contributed by atoms with Crippen molar-refractivity contribution in [2.24, 2.45) is 11.1 Å². The highest BCUT2D eigenvalue weighted by Gasteiger charge is 2.33. The molecule has 0 spiro atoms. The predicted octanol–water partition coefficient (Wildman–Crippen LogP) is 3.69. The van der Waals surface area contributed by atoms with Gasteiger partial charge in [0.05, 0.1) is 10.6 Å². The van der Waals surface area contributed by atoms with Crippen LogP contribution in [0.5, 0.6) is 0 Å². The Kier molecular flexibility index (Phi) is 3.30. The van der Waals surface area contributed by atoms with E-state index in [2.05, 4.69) is 13.8 Å². The van der Waals surface area contributed by atoms with E-state index in [4.69, 9.17) is 10.7 Å². The van der Waals surface area contributed by atoms with Crippen LogP contribution in [0.25, 0.3) is 10.6 Å². The zero-order valence-electron chi connectivity index (χ0n) is 12.0. The molecule has 2 aromatic rings. The topological polar surface area (TPSA) is 82.0 Å². The first kappa shape index (κ1) is 14.2. The van der Waals surface area contributed by atoms with Crippen molar-refractivity contribution in [3.63, 3.8) is 0 Å². The Bertz CT molecular complexity index is 691. The molecule has 6 heteroatoms. The maximum atomic E-state index is 10.7. The van der Waals surface area contributed by atoms with E-state index in [1.165, 1.54) is 12.1 Å². The van der Waals surface area contributed by atoms with Crippen molar-refractivity contribution >= 4 is 17.0 Å². The maximum absolute atomic E-state index is 10.7. The number of nitro benzene ring substituents is 1. The molecule has 0 aliphatic heterocycles. The zero-order valence-corrected chi connectivity index (χ0v) is 12.8. The van der Waals surface area contributed by atoms with E-state index in [9.17, 15) is 10.1 Å². The third-order valence-electron chi connectivity index (χ3n) is 3.81. The summed E-state index contributed by atoms with van der Waals surface area (Å²) in [4.78, 5) is 16.2. The van der Waals surface area contributed by atoms with Gasteiger partial charge in [0.15, 0.2) is 0 Å². The van der Waals surface area contributed by atoms with Crippen molar-refractivity contribution < 1.29 is 4.92 Å². The minimum atomic E-state index is -0.394. The van der Waals surface area contributed by atoms with Gasteiger partial charge in [-0.1, -0.05) is 13.8 Å². The Labute approximate surface area is 127 Å². The summed E-state index contributed by atoms with van der Waals surface area (Å²) in [6.07, 6.45) is 1.89. The molecule has 3 rings (SSSR count). The summed E-state index contributed by atoms with van der Waals surface area (Å²) >= 11 is 1.61. The van der Waals surface area contributed by atoms with Crippen LogP contribution in [0.3, 0.4) is 0 Å². The molecule has 0 saturated carbocycles. The molecule has 1 atom stereocenters. The summed E-state index contributed by atoms with van der Waals surface area (Å²) in [6, 6.07) is 6.56. The Hall–Kier alpha value is -1.79. The molecule has 0 saturated heterocycles. The second-order valence-corrected chi connectivity index (χ2v) is 7.32. The third-order valence-corrected chi connectivity index (χ3v) is 5.09. The van der Waals surface area contributed by atoms with Crippen molar-refractivity contribution in [1.82, 2.24) is 4.98 Å². The second-order valence-electron chi connectivity index (χ2n) is 6.29. The number of nitrogens with zero attached hydrogens (tertiary/aromatic N) is 2. The lowest BCUT2D eigenvalue weighted by Crippen LogP contribution is -2.28. The van der Waals surface area contributed by atoms with Crippen LogP contribution < -0.4 is 5.73 Å². The monoisotopic (exact) mass is 303 g/mol. The summed E-state index contributed by atoms with van der Waals surface area (Å²) in [6.45, 7) is 4.42. The van der Waals surface area contributed by atoms with E-state index in [1.807, 2.05) is 0 Å². The molecule has 0 amide bonds. The average Bonchev–Trinajstić information content (AvgIpc) is 2.81. The Morgan fingerprint density at radius 1 is 1.38 bits per heavy atom. The number of thiazole rings is 1. The lowest BCUT2D eigenvalue weighted by Gasteiger charge is -2.32. The highest BCUT2D eigenvalue weighted by molar-refractivity contribution is 7.15. The van der Waals surface area contributed by atoms with Crippen LogP contribution in [0.1, 0.15) is 36.9 Å². The van der Waals surface area contributed by atoms with Gasteiger partial charge in [-0.25, -0.2) is 4.98 Å². The minimum absolute atomic E-state index is 0.0352. The quantitative estimate of drug-likeness (QED) is 0.677. The molecular formula is C15H17N3O2S. The number of hydrogen-bond acceptors (Lipinski definition) is 5. The highest BCUT2D eigenvalue weighted by Crippen LogP contribution is 2.43. The number of fused-ring (bicyclic) bond motifs is 1. The van der Waals surface area contributed by atoms with E-state index in [-0.39, 0.29) is 17.1 Å². The minimum Gasteiger partial charge on any atom is -0.323 e. The molecular weight excluding hydrogens is 286 g/mol. The number of hydrogen-bond donors (Lipinski definition) is 1. The van der Waals surface area contributed by atoms with Gasteiger partial charge < -0.3 is 5.73 Å². The van der Waals surface area contributed by atoms with Crippen LogP contribution in [-0.4, -0.2) is 9.91 Å². The smallest absolute Gasteiger partial charge is 0.269 e. The first-order valence-corrected chi connectivity index (χ1v) is 7.67. The van der Waals surface area contributed by atoms with Gasteiger partial charge in [0.25, 0.3) is 5.69 Å². The van der Waals surface area contributed by atoms with E-state index < -0.39 is 4.92 Å². The molecule has 1 aromatic heterocycles. The SMILES string of the molecule is CC1(C)Cc2nc(-c3ccc([N+](=O)[O-])cc3)sc2C(N)C1. The van der Waals surface area contributed by atoms with Gasteiger partial charge in [0, 0.05) is 28.6 Å². The standard InChI is InChI=1S/C15H17N3O2S/c1-15(2)7-11(16)13-12(8-15)17-14(21-13)9-3-5-10(6-4-9)18(19)20/h3-6,11H,7-8,16H2,1-2H3. The molecule has 1 heterocycles. The number of benzene rings is 1. The van der Waals surface area contributed by atoms with Gasteiger partial charge in [0.2, 0.25) is 0 Å². The molecule has 1 aromatic carbocycles. The summed E-state index contributed by atoms with van der Waals surface area (Å²) in [7, 11) is 0. The van der Waals surface area contributed by atoms with Gasteiger partial charge in [0.1, 0.15) is 5.01 Å². The van der Waals surface area contributed by atoms with Crippen molar-refractivity contribution in [3.8, 4) is 10.6 Å². The van der Waals surface area contributed by atoms with Crippen molar-refractivity contribution in [2.45, 2.75) is 32.7 Å². The van der Waals surface area contributed by atoms with Gasteiger partial charge >= 0.3 is 0 Å². The number of nitro groups is 1. The molecule has 1 aliphatic carbocycles. The highest BCUT2D eigenvalue weighted by atomic mass is 32.1. The Balaban J connectivity index is 1.96. The van der Waals surface area contributed by atoms with Gasteiger partial charge in [-0.3, -0.25) is 10.1 Å². The lowest BCUT2D eigenvalue weighted by molar-refractivity contribution is -0.384. The number of non-ortho nitro benzene ring substituents is 1. The van der Waals surface area contributed by atoms with E-state index in [0.29, 0.717) is 0 Å². The van der Waals surface area contributed by atoms with Crippen LogP contribution in [0.2, 0.25) is 0 Å². The summed E-state index contributed by atoms with van der Waals surface area (Å²) in [5.74, 6) is 0. The van der Waals surface area contributed by atoms with Crippen molar-refractivity contribution in [1.29, 1.82) is 0 Å². The normalized spacial score (nSPS) is 20.0. The van der Waals surface area contributed by atoms with Crippen molar-refractivity contribution in [2.75, 3.05) is 0 Å². The maximum Gasteiger partial charge on any atom is 0.269 e. The summed E-state index contributed by atoms with van der Waals surface area (Å²) < 4.78 is 0. The van der Waals surface area contributed by atoms with E-state index in [0.717, 1.165) is 34.0 Å². The molecule has 1 unspecified atom stereocenters. The van der Waals surface area contributed by atoms with Crippen LogP contribution in [0.4, 0.5) is 5.69 Å². The van der Waals surface area contributed by atoms with Gasteiger partial charge in [-0.15, -0.1) is 11.3 Å². The van der Waals surface area contributed by atoms with Gasteiger partial charge in [-0.05, 0) is 30.4 Å². The van der Waals surface area contributed by atoms with Crippen LogP contribution >= 0.6 is 11.3 Å². The average molecular weight is 303 g/mol. The number of nitrogens with two attached hydrogens (primary N) is 1. The molecule has 2 N–H and O–H groups in total. The van der Waals surface area contributed by atoms with Gasteiger partial charge in [-0.2, -0.15) is 0 Å². The number of rotatable bonds is 2. The predicted molar refractivity (Wildman–Crippen MR) is 83.2 cm³/mol. The Morgan fingerprint density at radius 2 is 2.05 bits per heavy atom. The summed E-state index contributed by atoms with van der Waals surface area (Å²) in [5.41, 5.74) is 8.52. The van der Waals surface area contributed by atoms with Crippen LogP contribution in [0.15, 0.2) is 24.3 Å². The molecule has 0 fully saturated rings. The second kappa shape index (κ2) is 4.89. The molecule has 0 bridgehead atoms. The third kappa shape index (κ3) is 2.69. The Morgan fingerprint density at radius 3 is 2.67 bits per heavy atom. The zero-order chi connectivity index (χ0) is 15.2. The molecule has 0 radical (unpaired) electrons. The van der Waals surface area contributed by atoms with Crippen molar-refractivity contribution in [3.05, 3.63) is 45.0 Å². The first-order chi connectivity index (χ1) is 9.85.